The molecule has 112 valence electrons. The van der Waals surface area contributed by atoms with Crippen molar-refractivity contribution in [2.24, 2.45) is 0 Å². The lowest BCUT2D eigenvalue weighted by Gasteiger charge is -2.21. The number of aryl methyl sites for hydroxylation is 1. The van der Waals surface area contributed by atoms with Crippen LogP contribution in [0.1, 0.15) is 43.0 Å². The molecular formula is C18H24N2O. The van der Waals surface area contributed by atoms with E-state index < -0.39 is 0 Å². The van der Waals surface area contributed by atoms with Gasteiger partial charge in [0.2, 0.25) is 0 Å². The molecule has 2 aromatic rings. The summed E-state index contributed by atoms with van der Waals surface area (Å²) < 4.78 is 5.47. The molecule has 0 spiro atoms. The predicted octanol–water partition coefficient (Wildman–Crippen LogP) is 3.74. The highest BCUT2D eigenvalue weighted by atomic mass is 16.5. The molecule has 1 aromatic heterocycles. The first-order valence-electron chi connectivity index (χ1n) is 7.60. The Morgan fingerprint density at radius 3 is 2.81 bits per heavy atom. The van der Waals surface area contributed by atoms with E-state index in [1.54, 1.807) is 13.3 Å². The van der Waals surface area contributed by atoms with Gasteiger partial charge in [0.15, 0.2) is 0 Å². The van der Waals surface area contributed by atoms with E-state index in [0.29, 0.717) is 0 Å². The summed E-state index contributed by atoms with van der Waals surface area (Å²) in [6.07, 6.45) is 5.86. The lowest BCUT2D eigenvalue weighted by Crippen LogP contribution is -2.22. The van der Waals surface area contributed by atoms with Gasteiger partial charge in [0.05, 0.1) is 19.3 Å². The molecule has 0 bridgehead atoms. The topological polar surface area (TPSA) is 34.2 Å². The molecule has 1 heterocycles. The average molecular weight is 284 g/mol. The van der Waals surface area contributed by atoms with Gasteiger partial charge in [-0.2, -0.15) is 0 Å². The van der Waals surface area contributed by atoms with Gasteiger partial charge in [0.25, 0.3) is 0 Å². The molecule has 0 saturated heterocycles. The van der Waals surface area contributed by atoms with E-state index in [0.717, 1.165) is 30.7 Å². The molecule has 2 rings (SSSR count). The zero-order valence-corrected chi connectivity index (χ0v) is 13.1. The van der Waals surface area contributed by atoms with E-state index in [4.69, 9.17) is 4.74 Å². The first kappa shape index (κ1) is 15.5. The maximum atomic E-state index is 5.47. The zero-order valence-electron chi connectivity index (χ0n) is 13.1. The molecule has 0 saturated carbocycles. The Kier molecular flexibility index (Phi) is 5.76. The number of nitrogens with zero attached hydrogens (tertiary/aromatic N) is 1. The first-order valence-corrected chi connectivity index (χ1v) is 7.60. The third kappa shape index (κ3) is 3.82. The number of pyridine rings is 1. The van der Waals surface area contributed by atoms with Crippen molar-refractivity contribution in [2.45, 2.75) is 32.7 Å². The van der Waals surface area contributed by atoms with E-state index in [9.17, 15) is 0 Å². The standard InChI is InChI=1S/C18H24N2O/c1-4-7-14-8-6-9-15(12-14)18(20-5-2)16-10-11-19-13-17(16)21-3/h6,8-13,18,20H,4-5,7H2,1-3H3. The van der Waals surface area contributed by atoms with Crippen LogP contribution in [0, 0.1) is 0 Å². The summed E-state index contributed by atoms with van der Waals surface area (Å²) in [6, 6.07) is 10.9. The van der Waals surface area contributed by atoms with Gasteiger partial charge in [-0.1, -0.05) is 44.5 Å². The van der Waals surface area contributed by atoms with Crippen molar-refractivity contribution in [2.75, 3.05) is 13.7 Å². The number of benzene rings is 1. The third-order valence-corrected chi connectivity index (χ3v) is 3.58. The number of methoxy groups -OCH3 is 1. The van der Waals surface area contributed by atoms with Crippen LogP contribution >= 0.6 is 0 Å². The van der Waals surface area contributed by atoms with Crippen LogP contribution in [0.25, 0.3) is 0 Å². The second-order valence-electron chi connectivity index (χ2n) is 5.10. The Balaban J connectivity index is 2.40. The minimum absolute atomic E-state index is 0.129. The highest BCUT2D eigenvalue weighted by Gasteiger charge is 2.17. The van der Waals surface area contributed by atoms with Crippen LogP contribution < -0.4 is 10.1 Å². The van der Waals surface area contributed by atoms with Crippen LogP contribution in [0.2, 0.25) is 0 Å². The van der Waals surface area contributed by atoms with Gasteiger partial charge in [-0.15, -0.1) is 0 Å². The maximum Gasteiger partial charge on any atom is 0.142 e. The number of ether oxygens (including phenoxy) is 1. The van der Waals surface area contributed by atoms with Gasteiger partial charge >= 0.3 is 0 Å². The van der Waals surface area contributed by atoms with Crippen LogP contribution in [-0.2, 0) is 6.42 Å². The summed E-state index contributed by atoms with van der Waals surface area (Å²) in [4.78, 5) is 4.15. The summed E-state index contributed by atoms with van der Waals surface area (Å²) in [5.74, 6) is 0.823. The molecule has 0 aliphatic carbocycles. The molecule has 3 heteroatoms. The van der Waals surface area contributed by atoms with Gasteiger partial charge in [-0.25, -0.2) is 0 Å². The Morgan fingerprint density at radius 1 is 1.24 bits per heavy atom. The third-order valence-electron chi connectivity index (χ3n) is 3.58. The number of nitrogens with one attached hydrogen (secondary N) is 1. The van der Waals surface area contributed by atoms with E-state index in [2.05, 4.69) is 48.4 Å². The van der Waals surface area contributed by atoms with Crippen molar-refractivity contribution in [3.05, 3.63) is 59.4 Å². The zero-order chi connectivity index (χ0) is 15.1. The Hall–Kier alpha value is -1.87. The molecular weight excluding hydrogens is 260 g/mol. The monoisotopic (exact) mass is 284 g/mol. The van der Waals surface area contributed by atoms with Crippen molar-refractivity contribution >= 4 is 0 Å². The first-order chi connectivity index (χ1) is 10.3. The molecule has 0 amide bonds. The second kappa shape index (κ2) is 7.79. The molecule has 21 heavy (non-hydrogen) atoms. The summed E-state index contributed by atoms with van der Waals surface area (Å²) in [5, 5.41) is 3.55. The lowest BCUT2D eigenvalue weighted by atomic mass is 9.96. The fourth-order valence-corrected chi connectivity index (χ4v) is 2.63. The Bertz CT molecular complexity index is 569. The van der Waals surface area contributed by atoms with Crippen LogP contribution in [0.3, 0.4) is 0 Å². The van der Waals surface area contributed by atoms with Gasteiger partial charge < -0.3 is 10.1 Å². The average Bonchev–Trinajstić information content (AvgIpc) is 2.53. The van der Waals surface area contributed by atoms with Gasteiger partial charge in [-0.3, -0.25) is 4.98 Å². The SMILES string of the molecule is CCCc1cccc(C(NCC)c2ccncc2OC)c1. The molecule has 0 fully saturated rings. The summed E-state index contributed by atoms with van der Waals surface area (Å²) in [5.41, 5.74) is 3.78. The fraction of sp³-hybridized carbons (Fsp3) is 0.389. The molecule has 3 nitrogen and oxygen atoms in total. The molecule has 0 radical (unpaired) electrons. The van der Waals surface area contributed by atoms with E-state index in [1.807, 2.05) is 12.3 Å². The van der Waals surface area contributed by atoms with Crippen molar-refractivity contribution < 1.29 is 4.74 Å². The van der Waals surface area contributed by atoms with E-state index >= 15 is 0 Å². The molecule has 1 aromatic carbocycles. The van der Waals surface area contributed by atoms with Crippen LogP contribution in [-0.4, -0.2) is 18.6 Å². The predicted molar refractivity (Wildman–Crippen MR) is 86.7 cm³/mol. The lowest BCUT2D eigenvalue weighted by molar-refractivity contribution is 0.402. The number of hydrogen-bond acceptors (Lipinski definition) is 3. The highest BCUT2D eigenvalue weighted by Crippen LogP contribution is 2.29. The summed E-state index contributed by atoms with van der Waals surface area (Å²) in [6.45, 7) is 5.23. The second-order valence-corrected chi connectivity index (χ2v) is 5.10. The minimum Gasteiger partial charge on any atom is -0.495 e. The molecule has 1 unspecified atom stereocenters. The van der Waals surface area contributed by atoms with Crippen LogP contribution in [0.15, 0.2) is 42.7 Å². The van der Waals surface area contributed by atoms with Crippen LogP contribution in [0.4, 0.5) is 0 Å². The summed E-state index contributed by atoms with van der Waals surface area (Å²) >= 11 is 0. The van der Waals surface area contributed by atoms with E-state index in [1.165, 1.54) is 11.1 Å². The molecule has 1 N–H and O–H groups in total. The smallest absolute Gasteiger partial charge is 0.142 e. The minimum atomic E-state index is 0.129. The number of rotatable bonds is 7. The van der Waals surface area contributed by atoms with Crippen molar-refractivity contribution in [3.63, 3.8) is 0 Å². The maximum absolute atomic E-state index is 5.47. The summed E-state index contributed by atoms with van der Waals surface area (Å²) in [7, 11) is 1.69. The van der Waals surface area contributed by atoms with Crippen molar-refractivity contribution in [3.8, 4) is 5.75 Å². The molecule has 1 atom stereocenters. The molecule has 0 aliphatic heterocycles. The fourth-order valence-electron chi connectivity index (χ4n) is 2.63. The number of hydrogen-bond donors (Lipinski definition) is 1. The van der Waals surface area contributed by atoms with Crippen molar-refractivity contribution in [1.29, 1.82) is 0 Å². The van der Waals surface area contributed by atoms with Gasteiger partial charge in [-0.05, 0) is 30.2 Å². The quantitative estimate of drug-likeness (QED) is 0.841. The van der Waals surface area contributed by atoms with E-state index in [-0.39, 0.29) is 6.04 Å². The Morgan fingerprint density at radius 2 is 2.10 bits per heavy atom. The van der Waals surface area contributed by atoms with Gasteiger partial charge in [0, 0.05) is 11.8 Å². The molecule has 0 aliphatic rings. The Labute approximate surface area is 127 Å². The number of aromatic nitrogens is 1. The van der Waals surface area contributed by atoms with Crippen LogP contribution in [0.5, 0.6) is 5.75 Å². The normalized spacial score (nSPS) is 12.1. The highest BCUT2D eigenvalue weighted by molar-refractivity contribution is 5.40. The largest absolute Gasteiger partial charge is 0.495 e. The van der Waals surface area contributed by atoms with Crippen molar-refractivity contribution in [1.82, 2.24) is 10.3 Å². The van der Waals surface area contributed by atoms with Gasteiger partial charge in [0.1, 0.15) is 5.75 Å².